The van der Waals surface area contributed by atoms with Crippen LogP contribution in [0, 0.1) is 34.0 Å². The molecule has 396 valence electrons. The van der Waals surface area contributed by atoms with Crippen molar-refractivity contribution in [1.82, 2.24) is 0 Å². The smallest absolute Gasteiger partial charge is 0.338 e. The lowest BCUT2D eigenvalue weighted by atomic mass is 10.0. The van der Waals surface area contributed by atoms with Gasteiger partial charge < -0.3 is 28.4 Å². The fourth-order valence-corrected chi connectivity index (χ4v) is 9.16. The number of carbonyl (C=O) groups is 3. The van der Waals surface area contributed by atoms with Gasteiger partial charge in [-0.2, -0.15) is 15.8 Å². The second-order valence-electron chi connectivity index (χ2n) is 19.1. The molecule has 0 atom stereocenters. The van der Waals surface area contributed by atoms with E-state index in [4.69, 9.17) is 44.2 Å². The molecule has 0 fully saturated rings. The van der Waals surface area contributed by atoms with Crippen LogP contribution < -0.4 is 14.2 Å². The monoisotopic (exact) mass is 1070 g/mol. The van der Waals surface area contributed by atoms with Gasteiger partial charge in [-0.1, -0.05) is 91.0 Å². The van der Waals surface area contributed by atoms with E-state index in [9.17, 15) is 14.4 Å². The van der Waals surface area contributed by atoms with Crippen LogP contribution in [0.3, 0.4) is 0 Å². The summed E-state index contributed by atoms with van der Waals surface area (Å²) in [6, 6.07) is 68.6. The number of fused-ring (bicyclic) bond motifs is 3. The van der Waals surface area contributed by atoms with Crippen LogP contribution in [-0.2, 0) is 14.2 Å². The molecule has 10 rings (SSSR count). The molecule has 0 spiro atoms. The first-order valence-corrected chi connectivity index (χ1v) is 26.4. The van der Waals surface area contributed by atoms with Crippen LogP contribution in [0.5, 0.6) is 17.2 Å². The highest BCUT2D eigenvalue weighted by atomic mass is 16.5. The molecular formula is C69H51N3O9. The summed E-state index contributed by atoms with van der Waals surface area (Å²) >= 11 is 0. The number of esters is 3. The summed E-state index contributed by atoms with van der Waals surface area (Å²) in [6.07, 6.45) is 1.09. The van der Waals surface area contributed by atoms with Gasteiger partial charge in [0.15, 0.2) is 0 Å². The molecule has 0 saturated heterocycles. The van der Waals surface area contributed by atoms with Gasteiger partial charge in [-0.15, -0.1) is 0 Å². The zero-order chi connectivity index (χ0) is 55.9. The molecule has 0 N–H and O–H groups in total. The third kappa shape index (κ3) is 13.7. The summed E-state index contributed by atoms with van der Waals surface area (Å²) in [5.41, 5.74) is 7.85. The predicted molar refractivity (Wildman–Crippen MR) is 310 cm³/mol. The Hall–Kier alpha value is -10.7. The van der Waals surface area contributed by atoms with Gasteiger partial charge in [0.05, 0.1) is 91.2 Å². The zero-order valence-electron chi connectivity index (χ0n) is 43.9. The maximum Gasteiger partial charge on any atom is 0.338 e. The largest absolute Gasteiger partial charge is 0.493 e. The molecule has 0 radical (unpaired) electrons. The van der Waals surface area contributed by atoms with E-state index >= 15 is 0 Å². The molecule has 0 aromatic heterocycles. The van der Waals surface area contributed by atoms with Crippen molar-refractivity contribution < 1.29 is 42.8 Å². The number of carbonyl (C=O) groups excluding carboxylic acids is 3. The number of hydrogen-bond donors (Lipinski definition) is 0. The topological polar surface area (TPSA) is 178 Å². The number of benzene rings is 10. The highest BCUT2D eigenvalue weighted by molar-refractivity contribution is 6.00. The van der Waals surface area contributed by atoms with E-state index in [2.05, 4.69) is 36.4 Å². The molecule has 12 heteroatoms. The molecule has 0 saturated carbocycles. The van der Waals surface area contributed by atoms with Gasteiger partial charge >= 0.3 is 17.9 Å². The van der Waals surface area contributed by atoms with Gasteiger partial charge in [-0.05, 0) is 175 Å². The Labute approximate surface area is 468 Å². The van der Waals surface area contributed by atoms with E-state index in [1.165, 1.54) is 18.2 Å². The second-order valence-corrected chi connectivity index (χ2v) is 19.1. The maximum atomic E-state index is 13.5. The number of nitrogens with zero attached hydrogens (tertiary/aromatic N) is 3. The Morgan fingerprint density at radius 3 is 0.802 bits per heavy atom. The molecule has 81 heavy (non-hydrogen) atoms. The van der Waals surface area contributed by atoms with Crippen LogP contribution in [0.2, 0.25) is 0 Å². The summed E-state index contributed by atoms with van der Waals surface area (Å²) < 4.78 is 34.9. The summed E-state index contributed by atoms with van der Waals surface area (Å²) in [6.45, 7) is 0.772. The van der Waals surface area contributed by atoms with E-state index in [0.29, 0.717) is 53.2 Å². The Bertz CT molecular complexity index is 3650. The zero-order valence-corrected chi connectivity index (χ0v) is 43.9. The molecule has 0 heterocycles. The highest BCUT2D eigenvalue weighted by Gasteiger charge is 2.20. The van der Waals surface area contributed by atoms with Crippen LogP contribution in [0.15, 0.2) is 200 Å². The van der Waals surface area contributed by atoms with Gasteiger partial charge in [0.2, 0.25) is 0 Å². The minimum absolute atomic E-state index is 0.00249. The molecule has 0 aliphatic rings. The van der Waals surface area contributed by atoms with E-state index < -0.39 is 17.9 Å². The normalized spacial score (nSPS) is 10.8. The van der Waals surface area contributed by atoms with E-state index in [1.807, 2.05) is 127 Å². The van der Waals surface area contributed by atoms with Crippen molar-refractivity contribution in [1.29, 1.82) is 15.8 Å². The number of hydrogen-bond acceptors (Lipinski definition) is 12. The Balaban J connectivity index is 0.729. The predicted octanol–water partition coefficient (Wildman–Crippen LogP) is 14.6. The standard InChI is InChI=1S/C69H51N3O9/c70-43-46-4-10-49(11-5-46)52-16-19-58-40-64(25-22-55(58)34-52)76-28-1-31-79-67(73)61-37-62(68(74)80-32-2-29-77-65-26-23-56-35-53(17-20-59(56)41-65)50-12-6-47(44-71)7-13-50)39-63(38-61)69(75)81-33-3-30-78-66-27-24-57-36-54(18-21-60(57)42-66)51-14-8-48(45-72)9-15-51/h4-27,34-42H,1-3,28-33H2. The molecule has 12 nitrogen and oxygen atoms in total. The first-order chi connectivity index (χ1) is 39.7. The van der Waals surface area contributed by atoms with Crippen molar-refractivity contribution in [3.63, 3.8) is 0 Å². The SMILES string of the molecule is N#Cc1ccc(-c2ccc3cc(OCCCOC(=O)c4cc(C(=O)OCCCOc5ccc6cc(-c7ccc(C#N)cc7)ccc6c5)cc(C(=O)OCCCOc5ccc6cc(-c7ccc(C#N)cc7)ccc6c5)c4)ccc3c2)cc1. The lowest BCUT2D eigenvalue weighted by molar-refractivity contribution is 0.0484. The second kappa shape index (κ2) is 25.6. The van der Waals surface area contributed by atoms with Gasteiger partial charge in [0, 0.05) is 19.3 Å². The van der Waals surface area contributed by atoms with Crippen LogP contribution in [0.25, 0.3) is 65.7 Å². The van der Waals surface area contributed by atoms with Crippen molar-refractivity contribution >= 4 is 50.2 Å². The first kappa shape index (κ1) is 53.6. The van der Waals surface area contributed by atoms with Crippen molar-refractivity contribution in [2.75, 3.05) is 39.6 Å². The molecule has 0 aliphatic carbocycles. The molecule has 0 bridgehead atoms. The third-order valence-electron chi connectivity index (χ3n) is 13.5. The van der Waals surface area contributed by atoms with Gasteiger partial charge in [0.25, 0.3) is 0 Å². The molecule has 10 aromatic rings. The average molecular weight is 1070 g/mol. The van der Waals surface area contributed by atoms with Gasteiger partial charge in [0.1, 0.15) is 17.2 Å². The summed E-state index contributed by atoms with van der Waals surface area (Å²) in [7, 11) is 0. The van der Waals surface area contributed by atoms with Crippen LogP contribution in [-0.4, -0.2) is 57.5 Å². The van der Waals surface area contributed by atoms with E-state index in [0.717, 1.165) is 65.7 Å². The summed E-state index contributed by atoms with van der Waals surface area (Å²) in [5.74, 6) is -0.269. The third-order valence-corrected chi connectivity index (χ3v) is 13.5. The number of nitriles is 3. The van der Waals surface area contributed by atoms with E-state index in [-0.39, 0.29) is 56.3 Å². The van der Waals surface area contributed by atoms with Gasteiger partial charge in [-0.3, -0.25) is 0 Å². The van der Waals surface area contributed by atoms with Crippen molar-refractivity contribution in [3.05, 3.63) is 234 Å². The molecule has 0 unspecified atom stereocenters. The average Bonchev–Trinajstić information content (AvgIpc) is 3.52. The first-order valence-electron chi connectivity index (χ1n) is 26.4. The number of rotatable bonds is 21. The molecule has 10 aromatic carbocycles. The quantitative estimate of drug-likeness (QED) is 0.0378. The number of ether oxygens (including phenoxy) is 6. The van der Waals surface area contributed by atoms with Crippen LogP contribution in [0.4, 0.5) is 0 Å². The molecular weight excluding hydrogens is 1010 g/mol. The van der Waals surface area contributed by atoms with Crippen molar-refractivity contribution in [2.24, 2.45) is 0 Å². The minimum atomic E-state index is -0.744. The lowest BCUT2D eigenvalue weighted by Crippen LogP contribution is -2.15. The Morgan fingerprint density at radius 1 is 0.284 bits per heavy atom. The Morgan fingerprint density at radius 2 is 0.531 bits per heavy atom. The summed E-state index contributed by atoms with van der Waals surface area (Å²) in [5, 5.41) is 33.5. The Kier molecular flexibility index (Phi) is 17.0. The lowest BCUT2D eigenvalue weighted by Gasteiger charge is -2.12. The summed E-state index contributed by atoms with van der Waals surface area (Å²) in [4.78, 5) is 40.6. The maximum absolute atomic E-state index is 13.5. The fourth-order valence-electron chi connectivity index (χ4n) is 9.16. The van der Waals surface area contributed by atoms with Gasteiger partial charge in [-0.25, -0.2) is 14.4 Å². The van der Waals surface area contributed by atoms with E-state index in [1.54, 1.807) is 36.4 Å². The minimum Gasteiger partial charge on any atom is -0.493 e. The fraction of sp³-hybridized carbons (Fsp3) is 0.130. The molecule has 0 aliphatic heterocycles. The van der Waals surface area contributed by atoms with Crippen LogP contribution in [0.1, 0.15) is 67.0 Å². The van der Waals surface area contributed by atoms with Crippen molar-refractivity contribution in [2.45, 2.75) is 19.3 Å². The molecule has 0 amide bonds. The van der Waals surface area contributed by atoms with Crippen LogP contribution >= 0.6 is 0 Å². The highest BCUT2D eigenvalue weighted by Crippen LogP contribution is 2.31. The van der Waals surface area contributed by atoms with Crippen molar-refractivity contribution in [3.8, 4) is 68.8 Å².